The van der Waals surface area contributed by atoms with Gasteiger partial charge in [-0.25, -0.2) is 0 Å². The molecule has 1 aromatic heterocycles. The number of rotatable bonds is 3. The van der Waals surface area contributed by atoms with E-state index in [4.69, 9.17) is 0 Å². The molecular weight excluding hydrogens is 190 g/mol. The molecule has 0 saturated carbocycles. The van der Waals surface area contributed by atoms with Crippen molar-refractivity contribution in [1.82, 2.24) is 14.8 Å². The highest BCUT2D eigenvalue weighted by molar-refractivity contribution is 5.48. The molecule has 0 atom stereocenters. The smallest absolute Gasteiger partial charge is 0.312 e. The molecule has 1 aliphatic heterocycles. The highest BCUT2D eigenvalue weighted by Crippen LogP contribution is 2.04. The molecule has 1 saturated heterocycles. The van der Waals surface area contributed by atoms with Gasteiger partial charge in [-0.2, -0.15) is 0 Å². The number of carbonyl (C=O) groups excluding carboxylic acids is 1. The molecule has 1 fully saturated rings. The minimum absolute atomic E-state index is 0.774. The van der Waals surface area contributed by atoms with Gasteiger partial charge in [0.15, 0.2) is 0 Å². The highest BCUT2D eigenvalue weighted by atomic mass is 16.1. The van der Waals surface area contributed by atoms with Crippen LogP contribution in [0.3, 0.4) is 0 Å². The van der Waals surface area contributed by atoms with E-state index in [1.165, 1.54) is 0 Å². The molecule has 0 unspecified atom stereocenters. The van der Waals surface area contributed by atoms with E-state index < -0.39 is 0 Å². The van der Waals surface area contributed by atoms with E-state index in [9.17, 15) is 4.79 Å². The van der Waals surface area contributed by atoms with Crippen molar-refractivity contribution < 1.29 is 4.79 Å². The lowest BCUT2D eigenvalue weighted by Gasteiger charge is -2.31. The van der Waals surface area contributed by atoms with Crippen molar-refractivity contribution >= 4 is 6.41 Å². The van der Waals surface area contributed by atoms with Crippen molar-refractivity contribution in [1.29, 1.82) is 0 Å². The van der Waals surface area contributed by atoms with E-state index in [1.807, 2.05) is 30.8 Å². The second-order valence-electron chi connectivity index (χ2n) is 3.68. The highest BCUT2D eigenvalue weighted by Gasteiger charge is 2.15. The van der Waals surface area contributed by atoms with Gasteiger partial charge in [0.25, 0.3) is 0 Å². The minimum Gasteiger partial charge on any atom is -0.332 e. The van der Waals surface area contributed by atoms with Crippen LogP contribution >= 0.6 is 0 Å². The molecule has 1 amide bonds. The Morgan fingerprint density at radius 1 is 1.27 bits per heavy atom. The average Bonchev–Trinajstić information content (AvgIpc) is 2.31. The number of pyridine rings is 1. The maximum atomic E-state index is 10.4. The second kappa shape index (κ2) is 4.89. The lowest BCUT2D eigenvalue weighted by Crippen LogP contribution is -2.45. The normalized spacial score (nSPS) is 17.7. The first kappa shape index (κ1) is 10.1. The Morgan fingerprint density at radius 3 is 2.67 bits per heavy atom. The van der Waals surface area contributed by atoms with Crippen LogP contribution in [0.4, 0.5) is 0 Å². The van der Waals surface area contributed by atoms with Gasteiger partial charge < -0.3 is 4.90 Å². The summed E-state index contributed by atoms with van der Waals surface area (Å²) in [5, 5.41) is 0. The van der Waals surface area contributed by atoms with Crippen molar-refractivity contribution in [3.8, 4) is 0 Å². The molecule has 0 aromatic carbocycles. The van der Waals surface area contributed by atoms with Crippen LogP contribution in [-0.4, -0.2) is 47.4 Å². The van der Waals surface area contributed by atoms with Crippen LogP contribution in [0.5, 0.6) is 0 Å². The average molecular weight is 204 g/mol. The molecule has 2 heterocycles. The maximum absolute atomic E-state index is 10.4. The second-order valence-corrected chi connectivity index (χ2v) is 3.68. The van der Waals surface area contributed by atoms with E-state index >= 15 is 0 Å². The summed E-state index contributed by atoms with van der Waals surface area (Å²) in [6.45, 7) is 4.23. The predicted molar refractivity (Wildman–Crippen MR) is 56.8 cm³/mol. The summed E-state index contributed by atoms with van der Waals surface area (Å²) < 4.78 is 0. The standard InChI is InChI=1S/C11H14N3O/c15-10-14-7-5-13(6-8-14)9-11-3-1-2-4-12-11/h1-4H,5-9H2. The number of hydrogen-bond acceptors (Lipinski definition) is 3. The Labute approximate surface area is 89.5 Å². The van der Waals surface area contributed by atoms with Gasteiger partial charge in [-0.1, -0.05) is 6.07 Å². The SMILES string of the molecule is O=[C]N1CCN(Cc2ccccn2)CC1. The van der Waals surface area contributed by atoms with Crippen LogP contribution in [-0.2, 0) is 11.3 Å². The van der Waals surface area contributed by atoms with Crippen LogP contribution in [0.15, 0.2) is 24.4 Å². The van der Waals surface area contributed by atoms with Gasteiger partial charge in [0.05, 0.1) is 5.69 Å². The van der Waals surface area contributed by atoms with E-state index in [0.717, 1.165) is 38.4 Å². The molecule has 1 radical (unpaired) electrons. The van der Waals surface area contributed by atoms with Gasteiger partial charge >= 0.3 is 6.41 Å². The number of hydrogen-bond donors (Lipinski definition) is 0. The molecule has 0 spiro atoms. The molecular formula is C11H14N3O. The van der Waals surface area contributed by atoms with Crippen molar-refractivity contribution in [3.05, 3.63) is 30.1 Å². The van der Waals surface area contributed by atoms with Gasteiger partial charge in [0, 0.05) is 38.9 Å². The van der Waals surface area contributed by atoms with E-state index in [-0.39, 0.29) is 0 Å². The Balaban J connectivity index is 1.85. The van der Waals surface area contributed by atoms with Gasteiger partial charge in [-0.15, -0.1) is 0 Å². The van der Waals surface area contributed by atoms with Gasteiger partial charge in [0.2, 0.25) is 0 Å². The summed E-state index contributed by atoms with van der Waals surface area (Å²) in [4.78, 5) is 18.7. The summed E-state index contributed by atoms with van der Waals surface area (Å²) in [7, 11) is 0. The van der Waals surface area contributed by atoms with Crippen molar-refractivity contribution in [2.45, 2.75) is 6.54 Å². The molecule has 0 bridgehead atoms. The van der Waals surface area contributed by atoms with Gasteiger partial charge in [-0.05, 0) is 12.1 Å². The molecule has 4 heteroatoms. The molecule has 15 heavy (non-hydrogen) atoms. The first-order valence-corrected chi connectivity index (χ1v) is 5.13. The number of nitrogens with zero attached hydrogens (tertiary/aromatic N) is 3. The third-order valence-electron chi connectivity index (χ3n) is 2.61. The fourth-order valence-corrected chi connectivity index (χ4v) is 1.72. The lowest BCUT2D eigenvalue weighted by molar-refractivity contribution is 0.170. The summed E-state index contributed by atoms with van der Waals surface area (Å²) in [6, 6.07) is 5.94. The Bertz CT molecular complexity index is 307. The minimum atomic E-state index is 0.774. The molecule has 79 valence electrons. The third-order valence-corrected chi connectivity index (χ3v) is 2.61. The fraction of sp³-hybridized carbons (Fsp3) is 0.455. The largest absolute Gasteiger partial charge is 0.332 e. The Hall–Kier alpha value is -1.42. The summed E-state index contributed by atoms with van der Waals surface area (Å²) in [5.41, 5.74) is 1.08. The van der Waals surface area contributed by atoms with Gasteiger partial charge in [-0.3, -0.25) is 14.7 Å². The zero-order valence-electron chi connectivity index (χ0n) is 8.59. The van der Waals surface area contributed by atoms with Crippen LogP contribution in [0, 0.1) is 0 Å². The first-order valence-electron chi connectivity index (χ1n) is 5.13. The summed E-state index contributed by atoms with van der Waals surface area (Å²) in [6.07, 6.45) is 3.74. The zero-order chi connectivity index (χ0) is 10.5. The summed E-state index contributed by atoms with van der Waals surface area (Å²) in [5.74, 6) is 0. The van der Waals surface area contributed by atoms with Crippen LogP contribution in [0.25, 0.3) is 0 Å². The molecule has 4 nitrogen and oxygen atoms in total. The summed E-state index contributed by atoms with van der Waals surface area (Å²) >= 11 is 0. The topological polar surface area (TPSA) is 36.4 Å². The zero-order valence-corrected chi connectivity index (χ0v) is 8.59. The van der Waals surface area contributed by atoms with Gasteiger partial charge in [0.1, 0.15) is 0 Å². The van der Waals surface area contributed by atoms with Crippen molar-refractivity contribution in [3.63, 3.8) is 0 Å². The fourth-order valence-electron chi connectivity index (χ4n) is 1.72. The number of aromatic nitrogens is 1. The van der Waals surface area contributed by atoms with E-state index in [2.05, 4.69) is 9.88 Å². The third kappa shape index (κ3) is 2.76. The lowest BCUT2D eigenvalue weighted by atomic mass is 10.3. The van der Waals surface area contributed by atoms with Crippen molar-refractivity contribution in [2.24, 2.45) is 0 Å². The molecule has 0 aliphatic carbocycles. The van der Waals surface area contributed by atoms with E-state index in [0.29, 0.717) is 0 Å². The molecule has 0 N–H and O–H groups in total. The van der Waals surface area contributed by atoms with Crippen molar-refractivity contribution in [2.75, 3.05) is 26.2 Å². The van der Waals surface area contributed by atoms with Crippen LogP contribution in [0.2, 0.25) is 0 Å². The Kier molecular flexibility index (Phi) is 3.29. The Morgan fingerprint density at radius 2 is 2.07 bits per heavy atom. The predicted octanol–water partition coefficient (Wildman–Crippen LogP) is 0.266. The maximum Gasteiger partial charge on any atom is 0.312 e. The van der Waals surface area contributed by atoms with Crippen LogP contribution < -0.4 is 0 Å². The van der Waals surface area contributed by atoms with E-state index in [1.54, 1.807) is 4.90 Å². The molecule has 1 aromatic rings. The molecule has 1 aliphatic rings. The van der Waals surface area contributed by atoms with Crippen LogP contribution in [0.1, 0.15) is 5.69 Å². The first-order chi connectivity index (χ1) is 7.38. The number of amides is 1. The quantitative estimate of drug-likeness (QED) is 0.709. The monoisotopic (exact) mass is 204 g/mol. The number of piperazine rings is 1. The molecule has 2 rings (SSSR count).